The van der Waals surface area contributed by atoms with Crippen molar-refractivity contribution in [1.29, 1.82) is 0 Å². The van der Waals surface area contributed by atoms with Gasteiger partial charge in [0.05, 0.1) is 51.8 Å². The van der Waals surface area contributed by atoms with Gasteiger partial charge in [-0.05, 0) is 62.4 Å². The van der Waals surface area contributed by atoms with Gasteiger partial charge in [-0.25, -0.2) is 4.79 Å². The molecular formula is C39H60N2O9. The smallest absolute Gasteiger partial charge is 0.410 e. The Labute approximate surface area is 299 Å². The first kappa shape index (κ1) is 39.8. The maximum atomic E-state index is 13.4. The lowest BCUT2D eigenvalue weighted by atomic mass is 9.81. The van der Waals surface area contributed by atoms with Crippen LogP contribution in [0.3, 0.4) is 0 Å². The summed E-state index contributed by atoms with van der Waals surface area (Å²) < 4.78 is 47.4. The van der Waals surface area contributed by atoms with Gasteiger partial charge >= 0.3 is 6.09 Å². The third-order valence-electron chi connectivity index (χ3n) is 8.94. The highest BCUT2D eigenvalue weighted by molar-refractivity contribution is 5.68. The summed E-state index contributed by atoms with van der Waals surface area (Å²) >= 11 is 0. The van der Waals surface area contributed by atoms with Crippen LogP contribution in [0.15, 0.2) is 42.5 Å². The van der Waals surface area contributed by atoms with Crippen molar-refractivity contribution in [2.24, 2.45) is 5.92 Å². The minimum absolute atomic E-state index is 0.317. The Morgan fingerprint density at radius 3 is 2.38 bits per heavy atom. The monoisotopic (exact) mass is 700 g/mol. The fourth-order valence-corrected chi connectivity index (χ4v) is 6.45. The van der Waals surface area contributed by atoms with Gasteiger partial charge < -0.3 is 47.7 Å². The SMILES string of the molecule is COCCCO[C@]1(c2ccc(COC[C@@H](C)COC)cc2)CCN(C(=O)OC(C)(C)C)C[C@@H]1OCc1ccc2c(c1)N(CCCOC)CCO2. The third-order valence-corrected chi connectivity index (χ3v) is 8.94. The van der Waals surface area contributed by atoms with Crippen LogP contribution < -0.4 is 9.64 Å². The lowest BCUT2D eigenvalue weighted by Crippen LogP contribution is -2.57. The van der Waals surface area contributed by atoms with Gasteiger partial charge in [0.15, 0.2) is 0 Å². The first-order valence-corrected chi connectivity index (χ1v) is 18.0. The van der Waals surface area contributed by atoms with Crippen LogP contribution in [0.25, 0.3) is 0 Å². The number of rotatable bonds is 19. The molecule has 0 bridgehead atoms. The van der Waals surface area contributed by atoms with E-state index in [1.165, 1.54) is 0 Å². The highest BCUT2D eigenvalue weighted by Gasteiger charge is 2.48. The molecule has 0 unspecified atom stereocenters. The molecule has 11 nitrogen and oxygen atoms in total. The van der Waals surface area contributed by atoms with Crippen LogP contribution in [-0.4, -0.2) is 110 Å². The van der Waals surface area contributed by atoms with Gasteiger partial charge in [-0.2, -0.15) is 0 Å². The molecule has 0 aromatic heterocycles. The molecule has 0 radical (unpaired) electrons. The average molecular weight is 701 g/mol. The molecule has 2 heterocycles. The lowest BCUT2D eigenvalue weighted by Gasteiger charge is -2.47. The van der Waals surface area contributed by atoms with Gasteiger partial charge in [-0.1, -0.05) is 37.3 Å². The Bertz CT molecular complexity index is 1300. The highest BCUT2D eigenvalue weighted by atomic mass is 16.6. The number of hydrogen-bond donors (Lipinski definition) is 0. The number of methoxy groups -OCH3 is 3. The van der Waals surface area contributed by atoms with E-state index >= 15 is 0 Å². The molecular weight excluding hydrogens is 640 g/mol. The summed E-state index contributed by atoms with van der Waals surface area (Å²) in [5.41, 5.74) is 2.74. The van der Waals surface area contributed by atoms with Gasteiger partial charge in [0.2, 0.25) is 0 Å². The van der Waals surface area contributed by atoms with E-state index in [0.29, 0.717) is 78.3 Å². The molecule has 280 valence electrons. The number of carbonyl (C=O) groups is 1. The number of ether oxygens (including phenoxy) is 8. The van der Waals surface area contributed by atoms with E-state index in [-0.39, 0.29) is 6.09 Å². The zero-order valence-corrected chi connectivity index (χ0v) is 31.4. The van der Waals surface area contributed by atoms with E-state index < -0.39 is 17.3 Å². The van der Waals surface area contributed by atoms with Gasteiger partial charge in [-0.3, -0.25) is 0 Å². The van der Waals surface area contributed by atoms with Crippen molar-refractivity contribution in [3.63, 3.8) is 0 Å². The number of fused-ring (bicyclic) bond motifs is 1. The Morgan fingerprint density at radius 1 is 0.920 bits per heavy atom. The van der Waals surface area contributed by atoms with Crippen molar-refractivity contribution < 1.29 is 42.7 Å². The topological polar surface area (TPSA) is 97.4 Å². The summed E-state index contributed by atoms with van der Waals surface area (Å²) in [7, 11) is 5.13. The fraction of sp³-hybridized carbons (Fsp3) is 0.667. The second kappa shape index (κ2) is 19.6. The number of nitrogens with zero attached hydrogens (tertiary/aromatic N) is 2. The zero-order valence-electron chi connectivity index (χ0n) is 31.4. The maximum absolute atomic E-state index is 13.4. The number of benzene rings is 2. The van der Waals surface area contributed by atoms with Crippen LogP contribution in [0.1, 0.15) is 63.6 Å². The maximum Gasteiger partial charge on any atom is 0.410 e. The predicted octanol–water partition coefficient (Wildman–Crippen LogP) is 6.20. The van der Waals surface area contributed by atoms with E-state index in [4.69, 9.17) is 37.9 Å². The molecule has 1 amide bonds. The van der Waals surface area contributed by atoms with E-state index in [0.717, 1.165) is 54.1 Å². The van der Waals surface area contributed by atoms with Crippen LogP contribution in [0.4, 0.5) is 10.5 Å². The predicted molar refractivity (Wildman–Crippen MR) is 193 cm³/mol. The Kier molecular flexibility index (Phi) is 15.6. The van der Waals surface area contributed by atoms with Crippen LogP contribution in [0.2, 0.25) is 0 Å². The van der Waals surface area contributed by atoms with Crippen molar-refractivity contribution in [3.05, 3.63) is 59.2 Å². The van der Waals surface area contributed by atoms with Gasteiger partial charge in [0, 0.05) is 60.0 Å². The summed E-state index contributed by atoms with van der Waals surface area (Å²) in [6.45, 7) is 14.8. The second-order valence-corrected chi connectivity index (χ2v) is 14.3. The molecule has 2 aromatic carbocycles. The van der Waals surface area contributed by atoms with Gasteiger partial charge in [-0.15, -0.1) is 0 Å². The normalized spacial score (nSPS) is 19.9. The molecule has 0 saturated carbocycles. The Hall–Kier alpha value is -2.93. The second-order valence-electron chi connectivity index (χ2n) is 14.3. The Balaban J connectivity index is 1.60. The Morgan fingerprint density at radius 2 is 1.66 bits per heavy atom. The van der Waals surface area contributed by atoms with Crippen molar-refractivity contribution in [3.8, 4) is 5.75 Å². The van der Waals surface area contributed by atoms with E-state index in [9.17, 15) is 4.79 Å². The summed E-state index contributed by atoms with van der Waals surface area (Å²) in [5.74, 6) is 1.19. The molecule has 11 heteroatoms. The minimum Gasteiger partial charge on any atom is -0.490 e. The van der Waals surface area contributed by atoms with E-state index in [2.05, 4.69) is 48.2 Å². The van der Waals surface area contributed by atoms with Crippen molar-refractivity contribution >= 4 is 11.8 Å². The van der Waals surface area contributed by atoms with Crippen LogP contribution in [-0.2, 0) is 52.0 Å². The van der Waals surface area contributed by atoms with Crippen molar-refractivity contribution in [1.82, 2.24) is 4.90 Å². The largest absolute Gasteiger partial charge is 0.490 e. The number of likely N-dealkylation sites (tertiary alicyclic amines) is 1. The number of hydrogen-bond acceptors (Lipinski definition) is 10. The van der Waals surface area contributed by atoms with Crippen LogP contribution >= 0.6 is 0 Å². The summed E-state index contributed by atoms with van der Waals surface area (Å²) in [5, 5.41) is 0. The minimum atomic E-state index is -0.803. The van der Waals surface area contributed by atoms with Gasteiger partial charge in [0.25, 0.3) is 0 Å². The number of anilines is 1. The summed E-state index contributed by atoms with van der Waals surface area (Å²) in [6, 6.07) is 14.6. The molecule has 3 atom stereocenters. The number of carbonyl (C=O) groups excluding carboxylic acids is 1. The quantitative estimate of drug-likeness (QED) is 0.158. The molecule has 2 aliphatic rings. The molecule has 1 fully saturated rings. The van der Waals surface area contributed by atoms with Crippen LogP contribution in [0.5, 0.6) is 5.75 Å². The molecule has 0 spiro atoms. The highest BCUT2D eigenvalue weighted by Crippen LogP contribution is 2.41. The number of amides is 1. The van der Waals surface area contributed by atoms with E-state index in [1.54, 1.807) is 26.2 Å². The molecule has 0 N–H and O–H groups in total. The molecule has 4 rings (SSSR count). The molecule has 2 aromatic rings. The average Bonchev–Trinajstić information content (AvgIpc) is 3.09. The molecule has 0 aliphatic carbocycles. The summed E-state index contributed by atoms with van der Waals surface area (Å²) in [6.07, 6.45) is 1.37. The summed E-state index contributed by atoms with van der Waals surface area (Å²) in [4.78, 5) is 17.5. The molecule has 1 saturated heterocycles. The first-order valence-electron chi connectivity index (χ1n) is 18.0. The van der Waals surface area contributed by atoms with Crippen molar-refractivity contribution in [2.75, 3.05) is 92.0 Å². The molecule has 2 aliphatic heterocycles. The third kappa shape index (κ3) is 11.5. The lowest BCUT2D eigenvalue weighted by molar-refractivity contribution is -0.186. The van der Waals surface area contributed by atoms with Crippen LogP contribution in [0, 0.1) is 5.92 Å². The van der Waals surface area contributed by atoms with Gasteiger partial charge in [0.1, 0.15) is 29.7 Å². The van der Waals surface area contributed by atoms with E-state index in [1.807, 2.05) is 26.8 Å². The zero-order chi connectivity index (χ0) is 36.0. The molecule has 50 heavy (non-hydrogen) atoms. The fourth-order valence-electron chi connectivity index (χ4n) is 6.45. The first-order chi connectivity index (χ1) is 24.1. The standard InChI is InChI=1S/C39H60N2O9/c1-30(26-45-7)27-46-28-31-10-13-33(14-11-31)39(49-22-9-21-44-6)16-18-41(37(42)50-38(2,3)4)25-36(39)48-29-32-12-15-35-34(24-32)40(19-23-47-35)17-8-20-43-5/h10-15,24,30,36H,8-9,16-23,25-29H2,1-7H3/t30-,36-,39-/m0/s1. The van der Waals surface area contributed by atoms with Crippen molar-refractivity contribution in [2.45, 2.75) is 77.5 Å². The number of piperidine rings is 1.